The van der Waals surface area contributed by atoms with Gasteiger partial charge in [-0.3, -0.25) is 4.99 Å². The Kier molecular flexibility index (Phi) is 8.81. The number of nitrogens with zero attached hydrogens (tertiary/aromatic N) is 2. The Labute approximate surface area is 172 Å². The molecule has 0 spiro atoms. The molecule has 1 aromatic heterocycles. The van der Waals surface area contributed by atoms with Crippen LogP contribution in [-0.2, 0) is 19.1 Å². The fourth-order valence-corrected chi connectivity index (χ4v) is 3.18. The first kappa shape index (κ1) is 22.7. The van der Waals surface area contributed by atoms with E-state index in [9.17, 15) is 13.2 Å². The number of aromatic nitrogens is 1. The molecule has 2 aromatic rings. The number of alkyl halides is 3. The zero-order valence-electron chi connectivity index (χ0n) is 14.8. The fraction of sp³-hybridized carbons (Fsp3) is 0.412. The van der Waals surface area contributed by atoms with E-state index in [0.29, 0.717) is 17.5 Å². The molecule has 4 nitrogen and oxygen atoms in total. The van der Waals surface area contributed by atoms with Gasteiger partial charge >= 0.3 is 6.18 Å². The highest BCUT2D eigenvalue weighted by atomic mass is 127. The predicted octanol–water partition coefficient (Wildman–Crippen LogP) is 4.30. The molecule has 0 bridgehead atoms. The highest BCUT2D eigenvalue weighted by Crippen LogP contribution is 2.29. The van der Waals surface area contributed by atoms with Crippen molar-refractivity contribution in [3.8, 4) is 0 Å². The van der Waals surface area contributed by atoms with E-state index in [1.807, 2.05) is 0 Å². The normalized spacial score (nSPS) is 11.8. The molecule has 0 saturated carbocycles. The van der Waals surface area contributed by atoms with Crippen LogP contribution < -0.4 is 10.6 Å². The van der Waals surface area contributed by atoms with E-state index >= 15 is 0 Å². The average Bonchev–Trinajstić information content (AvgIpc) is 2.99. The third-order valence-corrected chi connectivity index (χ3v) is 4.31. The summed E-state index contributed by atoms with van der Waals surface area (Å²) in [5.41, 5.74) is 2.82. The van der Waals surface area contributed by atoms with Crippen LogP contribution in [0.1, 0.15) is 27.4 Å². The monoisotopic (exact) mass is 498 g/mol. The average molecular weight is 498 g/mol. The quantitative estimate of drug-likeness (QED) is 0.367. The van der Waals surface area contributed by atoms with Crippen LogP contribution in [0, 0.1) is 13.8 Å². The van der Waals surface area contributed by atoms with Crippen molar-refractivity contribution in [2.45, 2.75) is 33.0 Å². The predicted molar refractivity (Wildman–Crippen MR) is 110 cm³/mol. The first-order valence-electron chi connectivity index (χ1n) is 7.81. The van der Waals surface area contributed by atoms with Crippen LogP contribution in [0.15, 0.2) is 28.6 Å². The van der Waals surface area contributed by atoms with Crippen LogP contribution in [0.4, 0.5) is 13.2 Å². The molecule has 0 unspecified atom stereocenters. The molecule has 0 fully saturated rings. The molecule has 0 amide bonds. The number of nitrogens with one attached hydrogen (secondary N) is 2. The Bertz CT molecular complexity index is 724. The van der Waals surface area contributed by atoms with Crippen molar-refractivity contribution in [3.05, 3.63) is 51.0 Å². The summed E-state index contributed by atoms with van der Waals surface area (Å²) < 4.78 is 37.6. The summed E-state index contributed by atoms with van der Waals surface area (Å²) in [4.78, 5) is 7.66. The third-order valence-electron chi connectivity index (χ3n) is 3.46. The number of guanidine groups is 1. The van der Waals surface area contributed by atoms with Gasteiger partial charge in [-0.1, -0.05) is 29.3 Å². The van der Waals surface area contributed by atoms with Crippen LogP contribution in [-0.4, -0.2) is 24.5 Å². The summed E-state index contributed by atoms with van der Waals surface area (Å²) in [6, 6.07) is 6.40. The second-order valence-corrected chi connectivity index (χ2v) is 6.67. The van der Waals surface area contributed by atoms with E-state index in [0.717, 1.165) is 23.1 Å². The Morgan fingerprint density at radius 3 is 2.35 bits per heavy atom. The lowest BCUT2D eigenvalue weighted by atomic mass is 10.1. The van der Waals surface area contributed by atoms with Gasteiger partial charge in [0.2, 0.25) is 0 Å². The van der Waals surface area contributed by atoms with Crippen molar-refractivity contribution in [2.75, 3.05) is 13.6 Å². The minimum Gasteiger partial charge on any atom is -0.356 e. The lowest BCUT2D eigenvalue weighted by Crippen LogP contribution is -2.37. The molecule has 2 N–H and O–H groups in total. The van der Waals surface area contributed by atoms with Crippen molar-refractivity contribution >= 4 is 41.3 Å². The second-order valence-electron chi connectivity index (χ2n) is 5.72. The molecule has 144 valence electrons. The molecule has 0 saturated heterocycles. The van der Waals surface area contributed by atoms with Gasteiger partial charge in [0, 0.05) is 19.0 Å². The molecule has 0 aliphatic rings. The summed E-state index contributed by atoms with van der Waals surface area (Å²) in [6.07, 6.45) is -3.57. The second kappa shape index (κ2) is 10.1. The first-order chi connectivity index (χ1) is 11.8. The molecule has 9 heteroatoms. The Morgan fingerprint density at radius 2 is 1.81 bits per heavy atom. The number of thiazole rings is 1. The van der Waals surface area contributed by atoms with E-state index in [-0.39, 0.29) is 30.5 Å². The molecule has 1 heterocycles. The Balaban J connectivity index is 0.00000338. The summed E-state index contributed by atoms with van der Waals surface area (Å²) in [6.45, 7) is 5.00. The highest BCUT2D eigenvalue weighted by Gasteiger charge is 2.33. The van der Waals surface area contributed by atoms with Crippen molar-refractivity contribution in [3.63, 3.8) is 0 Å². The Morgan fingerprint density at radius 1 is 1.15 bits per heavy atom. The Hall–Kier alpha value is -1.36. The molecule has 1 aromatic carbocycles. The van der Waals surface area contributed by atoms with Gasteiger partial charge in [0.15, 0.2) is 11.7 Å². The molecular weight excluding hydrogens is 476 g/mol. The number of aliphatic imine (C=N–C) groups is 1. The summed E-state index contributed by atoms with van der Waals surface area (Å²) in [5, 5.41) is 7.52. The molecule has 0 aliphatic heterocycles. The van der Waals surface area contributed by atoms with E-state index in [2.05, 4.69) is 52.7 Å². The third kappa shape index (κ3) is 7.10. The number of aryl methyl sites for hydroxylation is 2. The van der Waals surface area contributed by atoms with Gasteiger partial charge in [0.25, 0.3) is 0 Å². The fourth-order valence-electron chi connectivity index (χ4n) is 2.44. The van der Waals surface area contributed by atoms with E-state index in [4.69, 9.17) is 0 Å². The minimum atomic E-state index is -4.40. The van der Waals surface area contributed by atoms with Crippen LogP contribution in [0.5, 0.6) is 0 Å². The van der Waals surface area contributed by atoms with E-state index in [1.54, 1.807) is 7.05 Å². The molecule has 26 heavy (non-hydrogen) atoms. The van der Waals surface area contributed by atoms with Crippen molar-refractivity contribution in [1.29, 1.82) is 0 Å². The SMILES string of the molecule is CN=C(NCCc1cc(C)cc(C)c1)NCc1nc(C(F)(F)F)cs1.I. The zero-order valence-corrected chi connectivity index (χ0v) is 17.9. The number of halogens is 4. The number of benzene rings is 1. The van der Waals surface area contributed by atoms with Gasteiger partial charge in [0.1, 0.15) is 5.01 Å². The largest absolute Gasteiger partial charge is 0.434 e. The van der Waals surface area contributed by atoms with Gasteiger partial charge in [0.05, 0.1) is 6.54 Å². The number of hydrogen-bond donors (Lipinski definition) is 2. The maximum atomic E-state index is 12.5. The smallest absolute Gasteiger partial charge is 0.356 e. The van der Waals surface area contributed by atoms with Crippen molar-refractivity contribution in [2.24, 2.45) is 4.99 Å². The lowest BCUT2D eigenvalue weighted by Gasteiger charge is -2.11. The maximum Gasteiger partial charge on any atom is 0.434 e. The molecule has 0 atom stereocenters. The lowest BCUT2D eigenvalue weighted by molar-refractivity contribution is -0.140. The number of rotatable bonds is 5. The van der Waals surface area contributed by atoms with Crippen molar-refractivity contribution < 1.29 is 13.2 Å². The van der Waals surface area contributed by atoms with E-state index in [1.165, 1.54) is 16.7 Å². The van der Waals surface area contributed by atoms with Crippen LogP contribution in [0.3, 0.4) is 0 Å². The van der Waals surface area contributed by atoms with Crippen LogP contribution in [0.2, 0.25) is 0 Å². The van der Waals surface area contributed by atoms with Gasteiger partial charge in [-0.2, -0.15) is 13.2 Å². The van der Waals surface area contributed by atoms with Crippen LogP contribution in [0.25, 0.3) is 0 Å². The first-order valence-corrected chi connectivity index (χ1v) is 8.69. The highest BCUT2D eigenvalue weighted by molar-refractivity contribution is 14.0. The zero-order chi connectivity index (χ0) is 18.4. The van der Waals surface area contributed by atoms with Gasteiger partial charge < -0.3 is 10.6 Å². The standard InChI is InChI=1S/C17H21F3N4S.HI/c1-11-6-12(2)8-13(7-11)4-5-22-16(21-3)23-9-15-24-14(10-25-15)17(18,19)20;/h6-8,10H,4-5,9H2,1-3H3,(H2,21,22,23);1H. The molecule has 0 aliphatic carbocycles. The molecule has 2 rings (SSSR count). The van der Waals surface area contributed by atoms with E-state index < -0.39 is 11.9 Å². The topological polar surface area (TPSA) is 49.3 Å². The summed E-state index contributed by atoms with van der Waals surface area (Å²) in [5.74, 6) is 0.535. The van der Waals surface area contributed by atoms with Gasteiger partial charge in [-0.15, -0.1) is 35.3 Å². The van der Waals surface area contributed by atoms with Crippen LogP contribution >= 0.6 is 35.3 Å². The van der Waals surface area contributed by atoms with Crippen molar-refractivity contribution in [1.82, 2.24) is 15.6 Å². The molecule has 0 radical (unpaired) electrons. The van der Waals surface area contributed by atoms with Gasteiger partial charge in [-0.25, -0.2) is 4.98 Å². The number of hydrogen-bond acceptors (Lipinski definition) is 3. The maximum absolute atomic E-state index is 12.5. The minimum absolute atomic E-state index is 0. The molecular formula is C17H22F3IN4S. The van der Waals surface area contributed by atoms with Gasteiger partial charge in [-0.05, 0) is 25.8 Å². The summed E-state index contributed by atoms with van der Waals surface area (Å²) >= 11 is 0.976. The summed E-state index contributed by atoms with van der Waals surface area (Å²) in [7, 11) is 1.62.